The van der Waals surface area contributed by atoms with Crippen LogP contribution in [-0.2, 0) is 4.79 Å². The van der Waals surface area contributed by atoms with Gasteiger partial charge in [-0.15, -0.1) is 0 Å². The van der Waals surface area contributed by atoms with E-state index in [1.807, 2.05) is 0 Å². The lowest BCUT2D eigenvalue weighted by atomic mass is 10.2. The Hall–Kier alpha value is -1.64. The van der Waals surface area contributed by atoms with E-state index in [9.17, 15) is 9.59 Å². The standard InChI is InChI=1S/C10H10NO2/c1-2-9(12)11-10(13)8-6-4-3-5-7-8/h3-4,6-7H,2H2,1H3,(H,11,12,13). The van der Waals surface area contributed by atoms with E-state index < -0.39 is 0 Å². The lowest BCUT2D eigenvalue weighted by Gasteiger charge is -2.00. The van der Waals surface area contributed by atoms with Crippen molar-refractivity contribution in [1.29, 1.82) is 0 Å². The monoisotopic (exact) mass is 176 g/mol. The molecule has 0 fully saturated rings. The molecule has 0 aromatic heterocycles. The zero-order chi connectivity index (χ0) is 9.68. The van der Waals surface area contributed by atoms with E-state index >= 15 is 0 Å². The van der Waals surface area contributed by atoms with Crippen LogP contribution in [0.25, 0.3) is 0 Å². The van der Waals surface area contributed by atoms with Crippen LogP contribution in [0.4, 0.5) is 0 Å². The van der Waals surface area contributed by atoms with Crippen LogP contribution in [0, 0.1) is 6.07 Å². The summed E-state index contributed by atoms with van der Waals surface area (Å²) in [5.74, 6) is -0.641. The minimum absolute atomic E-state index is 0.270. The lowest BCUT2D eigenvalue weighted by molar-refractivity contribution is -0.119. The van der Waals surface area contributed by atoms with Crippen molar-refractivity contribution in [2.45, 2.75) is 13.3 Å². The number of carbonyl (C=O) groups is 2. The third-order valence-corrected chi connectivity index (χ3v) is 1.54. The molecular formula is C10H10NO2. The number of amides is 2. The Kier molecular flexibility index (Phi) is 3.20. The Bertz CT molecular complexity index is 306. The van der Waals surface area contributed by atoms with Crippen molar-refractivity contribution >= 4 is 11.8 Å². The topological polar surface area (TPSA) is 46.2 Å². The molecule has 0 saturated carbocycles. The fraction of sp³-hybridized carbons (Fsp3) is 0.200. The van der Waals surface area contributed by atoms with Crippen LogP contribution in [0.3, 0.4) is 0 Å². The van der Waals surface area contributed by atoms with Gasteiger partial charge in [-0.1, -0.05) is 19.1 Å². The molecule has 2 amide bonds. The predicted molar refractivity (Wildman–Crippen MR) is 48.0 cm³/mol. The van der Waals surface area contributed by atoms with Gasteiger partial charge in [0.05, 0.1) is 0 Å². The SMILES string of the molecule is CCC(=O)NC(=O)c1c[c]ccc1. The van der Waals surface area contributed by atoms with Gasteiger partial charge < -0.3 is 0 Å². The molecule has 13 heavy (non-hydrogen) atoms. The lowest BCUT2D eigenvalue weighted by Crippen LogP contribution is -2.29. The molecule has 1 radical (unpaired) electrons. The summed E-state index contributed by atoms with van der Waals surface area (Å²) in [5.41, 5.74) is 0.448. The van der Waals surface area contributed by atoms with Crippen LogP contribution >= 0.6 is 0 Å². The molecule has 1 N–H and O–H groups in total. The largest absolute Gasteiger partial charge is 0.292 e. The molecular weight excluding hydrogens is 166 g/mol. The normalized spacial score (nSPS) is 9.31. The fourth-order valence-corrected chi connectivity index (χ4v) is 0.822. The molecule has 0 spiro atoms. The summed E-state index contributed by atoms with van der Waals surface area (Å²) in [7, 11) is 0. The van der Waals surface area contributed by atoms with Crippen LogP contribution in [0.1, 0.15) is 23.7 Å². The third kappa shape index (κ3) is 2.71. The molecule has 1 aromatic rings. The average Bonchev–Trinajstić information content (AvgIpc) is 2.19. The van der Waals surface area contributed by atoms with Crippen molar-refractivity contribution < 1.29 is 9.59 Å². The van der Waals surface area contributed by atoms with Gasteiger partial charge in [0.25, 0.3) is 5.91 Å². The summed E-state index contributed by atoms with van der Waals surface area (Å²) in [6.07, 6.45) is 0.308. The molecule has 0 aliphatic rings. The summed E-state index contributed by atoms with van der Waals surface area (Å²) in [6, 6.07) is 9.33. The number of rotatable bonds is 2. The number of nitrogens with one attached hydrogen (secondary N) is 1. The third-order valence-electron chi connectivity index (χ3n) is 1.54. The van der Waals surface area contributed by atoms with E-state index in [0.29, 0.717) is 12.0 Å². The molecule has 67 valence electrons. The maximum atomic E-state index is 11.3. The Morgan fingerprint density at radius 2 is 2.31 bits per heavy atom. The Morgan fingerprint density at radius 3 is 2.85 bits per heavy atom. The van der Waals surface area contributed by atoms with Crippen LogP contribution < -0.4 is 5.32 Å². The van der Waals surface area contributed by atoms with Crippen LogP contribution in [0.15, 0.2) is 24.3 Å². The highest BCUT2D eigenvalue weighted by molar-refractivity contribution is 6.04. The first-order chi connectivity index (χ1) is 6.24. The molecule has 0 heterocycles. The van der Waals surface area contributed by atoms with Gasteiger partial charge in [0.15, 0.2) is 0 Å². The van der Waals surface area contributed by atoms with Crippen LogP contribution in [-0.4, -0.2) is 11.8 Å². The molecule has 0 aliphatic heterocycles. The summed E-state index contributed by atoms with van der Waals surface area (Å²) < 4.78 is 0. The van der Waals surface area contributed by atoms with Gasteiger partial charge in [0.1, 0.15) is 0 Å². The number of benzene rings is 1. The summed E-state index contributed by atoms with van der Waals surface area (Å²) in [5, 5.41) is 2.25. The zero-order valence-electron chi connectivity index (χ0n) is 7.33. The second-order valence-corrected chi connectivity index (χ2v) is 2.52. The minimum atomic E-state index is -0.372. The summed E-state index contributed by atoms with van der Waals surface area (Å²) in [6.45, 7) is 1.69. The molecule has 1 aromatic carbocycles. The van der Waals surface area contributed by atoms with E-state index in [0.717, 1.165) is 0 Å². The maximum absolute atomic E-state index is 11.3. The highest BCUT2D eigenvalue weighted by atomic mass is 16.2. The van der Waals surface area contributed by atoms with Gasteiger partial charge in [-0.05, 0) is 18.2 Å². The van der Waals surface area contributed by atoms with E-state index in [1.165, 1.54) is 6.07 Å². The molecule has 3 nitrogen and oxygen atoms in total. The summed E-state index contributed by atoms with van der Waals surface area (Å²) in [4.78, 5) is 22.1. The first kappa shape index (κ1) is 9.45. The Morgan fingerprint density at radius 1 is 1.54 bits per heavy atom. The molecule has 0 aliphatic carbocycles. The second-order valence-electron chi connectivity index (χ2n) is 2.52. The van der Waals surface area contributed by atoms with Crippen molar-refractivity contribution in [3.8, 4) is 0 Å². The second kappa shape index (κ2) is 4.40. The van der Waals surface area contributed by atoms with Gasteiger partial charge in [0.2, 0.25) is 5.91 Å². The molecule has 0 atom stereocenters. The Balaban J connectivity index is 2.65. The maximum Gasteiger partial charge on any atom is 0.257 e. The first-order valence-electron chi connectivity index (χ1n) is 4.04. The quantitative estimate of drug-likeness (QED) is 0.734. The van der Waals surface area contributed by atoms with E-state index in [2.05, 4.69) is 11.4 Å². The number of hydrogen-bond acceptors (Lipinski definition) is 2. The van der Waals surface area contributed by atoms with Gasteiger partial charge in [-0.3, -0.25) is 14.9 Å². The van der Waals surface area contributed by atoms with Gasteiger partial charge in [-0.25, -0.2) is 0 Å². The van der Waals surface area contributed by atoms with E-state index in [-0.39, 0.29) is 11.8 Å². The molecule has 1 rings (SSSR count). The van der Waals surface area contributed by atoms with Crippen molar-refractivity contribution in [3.63, 3.8) is 0 Å². The van der Waals surface area contributed by atoms with Gasteiger partial charge >= 0.3 is 0 Å². The smallest absolute Gasteiger partial charge is 0.257 e. The highest BCUT2D eigenvalue weighted by Gasteiger charge is 2.06. The minimum Gasteiger partial charge on any atom is -0.292 e. The average molecular weight is 176 g/mol. The highest BCUT2D eigenvalue weighted by Crippen LogP contribution is 1.96. The Labute approximate surface area is 76.8 Å². The van der Waals surface area contributed by atoms with Gasteiger partial charge in [-0.2, -0.15) is 0 Å². The van der Waals surface area contributed by atoms with Crippen molar-refractivity contribution in [2.75, 3.05) is 0 Å². The van der Waals surface area contributed by atoms with Crippen LogP contribution in [0.2, 0.25) is 0 Å². The van der Waals surface area contributed by atoms with E-state index in [1.54, 1.807) is 25.1 Å². The van der Waals surface area contributed by atoms with Crippen molar-refractivity contribution in [2.24, 2.45) is 0 Å². The van der Waals surface area contributed by atoms with Gasteiger partial charge in [0, 0.05) is 12.0 Å². The first-order valence-corrected chi connectivity index (χ1v) is 4.04. The van der Waals surface area contributed by atoms with Crippen molar-refractivity contribution in [1.82, 2.24) is 5.32 Å². The fourth-order valence-electron chi connectivity index (χ4n) is 0.822. The molecule has 0 saturated heterocycles. The van der Waals surface area contributed by atoms with Crippen LogP contribution in [0.5, 0.6) is 0 Å². The molecule has 0 bridgehead atoms. The van der Waals surface area contributed by atoms with Crippen molar-refractivity contribution in [3.05, 3.63) is 35.9 Å². The number of hydrogen-bond donors (Lipinski definition) is 1. The summed E-state index contributed by atoms with van der Waals surface area (Å²) >= 11 is 0. The molecule has 0 unspecified atom stereocenters. The number of carbonyl (C=O) groups excluding carboxylic acids is 2. The zero-order valence-corrected chi connectivity index (χ0v) is 7.33. The number of imide groups is 1. The molecule has 3 heteroatoms. The predicted octanol–water partition coefficient (Wildman–Crippen LogP) is 1.15. The van der Waals surface area contributed by atoms with E-state index in [4.69, 9.17) is 0 Å².